The number of ketones is 1. The van der Waals surface area contributed by atoms with Crippen molar-refractivity contribution < 1.29 is 14.5 Å². The highest BCUT2D eigenvalue weighted by Gasteiger charge is 2.45. The first-order chi connectivity index (χ1) is 11.4. The van der Waals surface area contributed by atoms with E-state index in [0.29, 0.717) is 11.3 Å². The van der Waals surface area contributed by atoms with E-state index >= 15 is 0 Å². The Bertz CT molecular complexity index is 804. The summed E-state index contributed by atoms with van der Waals surface area (Å²) in [6.07, 6.45) is 0.0116. The molecule has 1 amide bonds. The second-order valence-corrected chi connectivity index (χ2v) is 5.82. The standard InChI is InChI=1S/C17H15N3O4/c1-17(16(22)12-5-3-2-4-6-12)11-15(21)19(18-17)13-7-9-14(10-8-13)20(23)24/h2-10,18H,11H2,1H3. The van der Waals surface area contributed by atoms with Gasteiger partial charge in [-0.25, -0.2) is 10.4 Å². The quantitative estimate of drug-likeness (QED) is 0.529. The van der Waals surface area contributed by atoms with E-state index in [2.05, 4.69) is 5.43 Å². The van der Waals surface area contributed by atoms with Crippen molar-refractivity contribution in [2.45, 2.75) is 18.9 Å². The van der Waals surface area contributed by atoms with Gasteiger partial charge in [-0.1, -0.05) is 30.3 Å². The molecule has 1 heterocycles. The third-order valence-electron chi connectivity index (χ3n) is 3.97. The molecule has 0 bridgehead atoms. The van der Waals surface area contributed by atoms with Gasteiger partial charge in [-0.15, -0.1) is 0 Å². The van der Waals surface area contributed by atoms with Gasteiger partial charge < -0.3 is 0 Å². The third-order valence-corrected chi connectivity index (χ3v) is 3.97. The Morgan fingerprint density at radius 2 is 1.79 bits per heavy atom. The summed E-state index contributed by atoms with van der Waals surface area (Å²) in [5, 5.41) is 12.0. The Labute approximate surface area is 138 Å². The van der Waals surface area contributed by atoms with E-state index in [1.807, 2.05) is 6.07 Å². The third kappa shape index (κ3) is 2.77. The lowest BCUT2D eigenvalue weighted by molar-refractivity contribution is -0.384. The predicted octanol–water partition coefficient (Wildman–Crippen LogP) is 2.48. The number of non-ortho nitro benzene ring substituents is 1. The molecule has 0 aromatic heterocycles. The van der Waals surface area contributed by atoms with Crippen LogP contribution in [0.25, 0.3) is 0 Å². The lowest BCUT2D eigenvalue weighted by Crippen LogP contribution is -2.49. The molecule has 0 saturated carbocycles. The van der Waals surface area contributed by atoms with Crippen LogP contribution in [0.3, 0.4) is 0 Å². The summed E-state index contributed by atoms with van der Waals surface area (Å²) >= 11 is 0. The first-order valence-electron chi connectivity index (χ1n) is 7.36. The molecular weight excluding hydrogens is 310 g/mol. The lowest BCUT2D eigenvalue weighted by Gasteiger charge is -2.24. The van der Waals surface area contributed by atoms with Gasteiger partial charge in [0, 0.05) is 17.7 Å². The summed E-state index contributed by atoms with van der Waals surface area (Å²) in [5.74, 6) is -0.448. The van der Waals surface area contributed by atoms with Gasteiger partial charge in [0.05, 0.1) is 17.0 Å². The number of Topliss-reactive ketones (excluding diaryl/α,β-unsaturated/α-hetero) is 1. The van der Waals surface area contributed by atoms with Crippen LogP contribution in [0.2, 0.25) is 0 Å². The van der Waals surface area contributed by atoms with Crippen molar-refractivity contribution in [2.75, 3.05) is 5.01 Å². The molecule has 1 aliphatic heterocycles. The molecular formula is C17H15N3O4. The molecule has 2 aromatic rings. The van der Waals surface area contributed by atoms with E-state index < -0.39 is 10.5 Å². The SMILES string of the molecule is CC1(C(=O)c2ccccc2)CC(=O)N(c2ccc([N+](=O)[O-])cc2)N1. The number of carbonyl (C=O) groups excluding carboxylic acids is 2. The highest BCUT2D eigenvalue weighted by atomic mass is 16.6. The van der Waals surface area contributed by atoms with Crippen molar-refractivity contribution >= 4 is 23.1 Å². The molecule has 1 aliphatic rings. The Balaban J connectivity index is 1.85. The number of hydrogen-bond donors (Lipinski definition) is 1. The van der Waals surface area contributed by atoms with Gasteiger partial charge >= 0.3 is 0 Å². The fourth-order valence-corrected chi connectivity index (χ4v) is 2.70. The summed E-state index contributed by atoms with van der Waals surface area (Å²) in [7, 11) is 0. The topological polar surface area (TPSA) is 92.5 Å². The number of nitrogens with one attached hydrogen (secondary N) is 1. The molecule has 24 heavy (non-hydrogen) atoms. The van der Waals surface area contributed by atoms with Gasteiger partial charge in [-0.05, 0) is 19.1 Å². The van der Waals surface area contributed by atoms with Crippen LogP contribution in [0, 0.1) is 10.1 Å². The van der Waals surface area contributed by atoms with Gasteiger partial charge in [0.25, 0.3) is 5.69 Å². The average Bonchev–Trinajstić information content (AvgIpc) is 2.91. The summed E-state index contributed by atoms with van der Waals surface area (Å²) < 4.78 is 0. The van der Waals surface area contributed by atoms with Crippen LogP contribution in [0.4, 0.5) is 11.4 Å². The van der Waals surface area contributed by atoms with Crippen molar-refractivity contribution in [2.24, 2.45) is 0 Å². The fraction of sp³-hybridized carbons (Fsp3) is 0.176. The van der Waals surface area contributed by atoms with Gasteiger partial charge in [-0.3, -0.25) is 19.7 Å². The Morgan fingerprint density at radius 3 is 2.38 bits per heavy atom. The Hall–Kier alpha value is -3.06. The molecule has 0 spiro atoms. The minimum atomic E-state index is -1.06. The van der Waals surface area contributed by atoms with E-state index in [1.165, 1.54) is 29.3 Å². The molecule has 1 unspecified atom stereocenters. The highest BCUT2D eigenvalue weighted by molar-refractivity contribution is 6.09. The van der Waals surface area contributed by atoms with Crippen molar-refractivity contribution in [3.05, 3.63) is 70.3 Å². The normalized spacial score (nSPS) is 20.2. The molecule has 1 atom stereocenters. The largest absolute Gasteiger partial charge is 0.292 e. The number of benzene rings is 2. The molecule has 3 rings (SSSR count). The van der Waals surface area contributed by atoms with E-state index in [4.69, 9.17) is 0 Å². The van der Waals surface area contributed by atoms with E-state index in [0.717, 1.165) is 0 Å². The number of hydrogen-bond acceptors (Lipinski definition) is 5. The summed E-state index contributed by atoms with van der Waals surface area (Å²) in [4.78, 5) is 35.2. The van der Waals surface area contributed by atoms with Crippen LogP contribution in [0.15, 0.2) is 54.6 Å². The van der Waals surface area contributed by atoms with E-state index in [9.17, 15) is 19.7 Å². The molecule has 2 aromatic carbocycles. The van der Waals surface area contributed by atoms with Gasteiger partial charge in [0.2, 0.25) is 5.91 Å². The zero-order valence-corrected chi connectivity index (χ0v) is 12.9. The first kappa shape index (κ1) is 15.8. The number of amides is 1. The van der Waals surface area contributed by atoms with E-state index in [-0.39, 0.29) is 23.8 Å². The number of nitro benzene ring substituents is 1. The van der Waals surface area contributed by atoms with Crippen LogP contribution in [0.1, 0.15) is 23.7 Å². The van der Waals surface area contributed by atoms with Gasteiger partial charge in [0.1, 0.15) is 5.54 Å². The van der Waals surface area contributed by atoms with Crippen molar-refractivity contribution in [1.82, 2.24) is 5.43 Å². The van der Waals surface area contributed by atoms with Crippen molar-refractivity contribution in [3.63, 3.8) is 0 Å². The number of carbonyl (C=O) groups is 2. The smallest absolute Gasteiger partial charge is 0.269 e. The van der Waals surface area contributed by atoms with Crippen LogP contribution >= 0.6 is 0 Å². The minimum Gasteiger partial charge on any atom is -0.292 e. The minimum absolute atomic E-state index is 0.0116. The first-order valence-corrected chi connectivity index (χ1v) is 7.36. The van der Waals surface area contributed by atoms with Gasteiger partial charge in [0.15, 0.2) is 5.78 Å². The van der Waals surface area contributed by atoms with Crippen LogP contribution in [0.5, 0.6) is 0 Å². The molecule has 1 N–H and O–H groups in total. The van der Waals surface area contributed by atoms with Gasteiger partial charge in [-0.2, -0.15) is 0 Å². The number of rotatable bonds is 4. The highest BCUT2D eigenvalue weighted by Crippen LogP contribution is 2.29. The molecule has 122 valence electrons. The lowest BCUT2D eigenvalue weighted by atomic mass is 9.90. The molecule has 0 aliphatic carbocycles. The van der Waals surface area contributed by atoms with Crippen LogP contribution in [-0.2, 0) is 4.79 Å². The zero-order valence-electron chi connectivity index (χ0n) is 12.9. The maximum absolute atomic E-state index is 12.7. The maximum atomic E-state index is 12.7. The fourth-order valence-electron chi connectivity index (χ4n) is 2.70. The number of anilines is 1. The van der Waals surface area contributed by atoms with Crippen LogP contribution < -0.4 is 10.4 Å². The second-order valence-electron chi connectivity index (χ2n) is 5.82. The number of nitrogens with zero attached hydrogens (tertiary/aromatic N) is 2. The summed E-state index contributed by atoms with van der Waals surface area (Å²) in [5.41, 5.74) is 2.80. The predicted molar refractivity (Wildman–Crippen MR) is 87.5 cm³/mol. The Kier molecular flexibility index (Phi) is 3.86. The van der Waals surface area contributed by atoms with Crippen molar-refractivity contribution in [3.8, 4) is 0 Å². The molecule has 0 radical (unpaired) electrons. The summed E-state index contributed by atoms with van der Waals surface area (Å²) in [6.45, 7) is 1.67. The van der Waals surface area contributed by atoms with Crippen molar-refractivity contribution in [1.29, 1.82) is 0 Å². The number of hydrazine groups is 1. The van der Waals surface area contributed by atoms with E-state index in [1.54, 1.807) is 31.2 Å². The Morgan fingerprint density at radius 1 is 1.17 bits per heavy atom. The molecule has 1 fully saturated rings. The second kappa shape index (κ2) is 5.86. The maximum Gasteiger partial charge on any atom is 0.269 e. The molecule has 7 nitrogen and oxygen atoms in total. The monoisotopic (exact) mass is 325 g/mol. The number of nitro groups is 1. The molecule has 1 saturated heterocycles. The average molecular weight is 325 g/mol. The molecule has 7 heteroatoms. The van der Waals surface area contributed by atoms with Crippen LogP contribution in [-0.4, -0.2) is 22.2 Å². The zero-order chi connectivity index (χ0) is 17.3. The summed E-state index contributed by atoms with van der Waals surface area (Å²) in [6, 6.07) is 14.3.